The molecule has 4 aromatic rings. The Morgan fingerprint density at radius 3 is 2.50 bits per heavy atom. The van der Waals surface area contributed by atoms with Crippen LogP contribution < -0.4 is 20.5 Å². The molecule has 0 aliphatic carbocycles. The Labute approximate surface area is 265 Å². The summed E-state index contributed by atoms with van der Waals surface area (Å²) in [6, 6.07) is 9.24. The highest BCUT2D eigenvalue weighted by atomic mass is 19.4. The van der Waals surface area contributed by atoms with Crippen molar-refractivity contribution in [3.8, 4) is 16.9 Å². The van der Waals surface area contributed by atoms with Gasteiger partial charge in [-0.2, -0.15) is 13.2 Å². The molecule has 5 rings (SSSR count). The summed E-state index contributed by atoms with van der Waals surface area (Å²) in [5.74, 6) is 0.807. The average Bonchev–Trinajstić information content (AvgIpc) is 3.42. The zero-order valence-corrected chi connectivity index (χ0v) is 27.0. The molecule has 0 bridgehead atoms. The van der Waals surface area contributed by atoms with Gasteiger partial charge in [-0.05, 0) is 62.2 Å². The number of methoxy groups -OCH3 is 1. The van der Waals surface area contributed by atoms with E-state index < -0.39 is 12.7 Å². The minimum atomic E-state index is -4.24. The van der Waals surface area contributed by atoms with Gasteiger partial charge >= 0.3 is 6.18 Å². The fraction of sp³-hybridized carbons (Fsp3) is 0.424. The number of amides is 1. The van der Waals surface area contributed by atoms with Crippen LogP contribution in [0.25, 0.3) is 16.6 Å². The molecular weight excluding hydrogens is 599 g/mol. The number of ether oxygens (including phenoxy) is 1. The lowest BCUT2D eigenvalue weighted by atomic mass is 9.98. The Morgan fingerprint density at radius 1 is 1.13 bits per heavy atom. The van der Waals surface area contributed by atoms with Crippen LogP contribution in [0.4, 0.5) is 19.0 Å². The number of nitrogens with zero attached hydrogens (tertiary/aromatic N) is 5. The van der Waals surface area contributed by atoms with Gasteiger partial charge in [0.05, 0.1) is 31.3 Å². The molecule has 1 aliphatic heterocycles. The number of fused-ring (bicyclic) bond motifs is 1. The number of hydrogen-bond acceptors (Lipinski definition) is 7. The number of halogens is 3. The van der Waals surface area contributed by atoms with E-state index in [-0.39, 0.29) is 24.1 Å². The molecule has 0 radical (unpaired) electrons. The number of piperazine rings is 1. The van der Waals surface area contributed by atoms with Gasteiger partial charge in [-0.15, -0.1) is 0 Å². The van der Waals surface area contributed by atoms with Crippen LogP contribution in [-0.4, -0.2) is 90.2 Å². The number of aryl methyl sites for hydroxylation is 1. The Bertz CT molecular complexity index is 1790. The van der Waals surface area contributed by atoms with Crippen LogP contribution in [0.3, 0.4) is 0 Å². The minimum Gasteiger partial charge on any atom is -0.496 e. The van der Waals surface area contributed by atoms with Gasteiger partial charge in [0.25, 0.3) is 11.5 Å². The Hall–Kier alpha value is -4.36. The topological polar surface area (TPSA) is 98.2 Å². The molecule has 0 saturated carbocycles. The second-order valence-electron chi connectivity index (χ2n) is 12.0. The van der Waals surface area contributed by atoms with E-state index in [1.54, 1.807) is 19.2 Å². The van der Waals surface area contributed by atoms with Crippen molar-refractivity contribution in [1.29, 1.82) is 0 Å². The van der Waals surface area contributed by atoms with E-state index in [1.807, 2.05) is 63.3 Å². The lowest BCUT2D eigenvalue weighted by Crippen LogP contribution is -2.49. The third-order valence-corrected chi connectivity index (χ3v) is 8.64. The molecule has 1 atom stereocenters. The van der Waals surface area contributed by atoms with Gasteiger partial charge in [-0.25, -0.2) is 4.98 Å². The summed E-state index contributed by atoms with van der Waals surface area (Å²) >= 11 is 0. The van der Waals surface area contributed by atoms with Gasteiger partial charge < -0.3 is 24.3 Å². The van der Waals surface area contributed by atoms with Crippen molar-refractivity contribution < 1.29 is 22.7 Å². The molecule has 10 nitrogen and oxygen atoms in total. The first-order chi connectivity index (χ1) is 21.8. The Kier molecular flexibility index (Phi) is 9.45. The SMILES string of the molecule is COc1cc(C)[nH]c(=O)c1CNC(=O)c1cc2c(-c3ccnc(N(C)C)c3)ccn2c([C@H](C)N2CCN(CC(F)(F)F)CC2)c1C. The van der Waals surface area contributed by atoms with Crippen molar-refractivity contribution in [2.24, 2.45) is 0 Å². The predicted molar refractivity (Wildman–Crippen MR) is 172 cm³/mol. The molecule has 4 aromatic heterocycles. The van der Waals surface area contributed by atoms with E-state index in [9.17, 15) is 22.8 Å². The highest BCUT2D eigenvalue weighted by molar-refractivity contribution is 5.98. The van der Waals surface area contributed by atoms with Gasteiger partial charge in [0, 0.05) is 81.2 Å². The van der Waals surface area contributed by atoms with Crippen molar-refractivity contribution in [2.75, 3.05) is 58.8 Å². The first-order valence-corrected chi connectivity index (χ1v) is 15.1. The van der Waals surface area contributed by atoms with Crippen LogP contribution >= 0.6 is 0 Å². The molecule has 1 fully saturated rings. The third kappa shape index (κ3) is 6.90. The lowest BCUT2D eigenvalue weighted by Gasteiger charge is -2.39. The first kappa shape index (κ1) is 33.0. The molecule has 0 spiro atoms. The molecular formula is C33H40F3N7O3. The van der Waals surface area contributed by atoms with Gasteiger partial charge in [0.15, 0.2) is 0 Å². The second kappa shape index (κ2) is 13.2. The summed E-state index contributed by atoms with van der Waals surface area (Å²) in [6.07, 6.45) is -0.531. The number of alkyl halides is 3. The molecule has 1 aliphatic rings. The first-order valence-electron chi connectivity index (χ1n) is 15.1. The van der Waals surface area contributed by atoms with Crippen LogP contribution in [0.2, 0.25) is 0 Å². The molecule has 1 saturated heterocycles. The van der Waals surface area contributed by atoms with E-state index in [4.69, 9.17) is 4.74 Å². The summed E-state index contributed by atoms with van der Waals surface area (Å²) in [5, 5.41) is 2.91. The van der Waals surface area contributed by atoms with Crippen LogP contribution in [0.15, 0.2) is 47.5 Å². The summed E-state index contributed by atoms with van der Waals surface area (Å²) in [5.41, 5.74) is 5.28. The average molecular weight is 640 g/mol. The van der Waals surface area contributed by atoms with Crippen LogP contribution in [-0.2, 0) is 6.54 Å². The number of aromatic amines is 1. The number of carbonyl (C=O) groups excluding carboxylic acids is 1. The monoisotopic (exact) mass is 639 g/mol. The lowest BCUT2D eigenvalue weighted by molar-refractivity contribution is -0.149. The highest BCUT2D eigenvalue weighted by Gasteiger charge is 2.34. The van der Waals surface area contributed by atoms with Crippen LogP contribution in [0.5, 0.6) is 5.75 Å². The Balaban J connectivity index is 1.55. The molecule has 1 amide bonds. The minimum absolute atomic E-state index is 0.0429. The number of nitrogens with one attached hydrogen (secondary N) is 2. The molecule has 0 aromatic carbocycles. The van der Waals surface area contributed by atoms with Gasteiger partial charge in [-0.1, -0.05) is 0 Å². The fourth-order valence-corrected chi connectivity index (χ4v) is 6.23. The summed E-state index contributed by atoms with van der Waals surface area (Å²) < 4.78 is 46.6. The summed E-state index contributed by atoms with van der Waals surface area (Å²) in [6.45, 7) is 6.18. The van der Waals surface area contributed by atoms with Gasteiger partial charge in [0.1, 0.15) is 11.6 Å². The van der Waals surface area contributed by atoms with Crippen molar-refractivity contribution in [2.45, 2.75) is 39.5 Å². The molecule has 13 heteroatoms. The van der Waals surface area contributed by atoms with E-state index in [1.165, 1.54) is 12.0 Å². The van der Waals surface area contributed by atoms with Crippen LogP contribution in [0.1, 0.15) is 45.8 Å². The van der Waals surface area contributed by atoms with Crippen LogP contribution in [0, 0.1) is 13.8 Å². The number of hydrogen-bond donors (Lipinski definition) is 2. The molecule has 46 heavy (non-hydrogen) atoms. The second-order valence-corrected chi connectivity index (χ2v) is 12.0. The van der Waals surface area contributed by atoms with Crippen molar-refractivity contribution in [1.82, 2.24) is 29.5 Å². The quantitative estimate of drug-likeness (QED) is 0.277. The van der Waals surface area contributed by atoms with Gasteiger partial charge in [-0.3, -0.25) is 19.4 Å². The molecule has 2 N–H and O–H groups in total. The zero-order chi connectivity index (χ0) is 33.3. The maximum Gasteiger partial charge on any atom is 0.401 e. The number of aromatic nitrogens is 3. The molecule has 0 unspecified atom stereocenters. The summed E-state index contributed by atoms with van der Waals surface area (Å²) in [7, 11) is 5.31. The van der Waals surface area contributed by atoms with E-state index in [0.29, 0.717) is 48.7 Å². The maximum absolute atomic E-state index is 13.9. The predicted octanol–water partition coefficient (Wildman–Crippen LogP) is 4.55. The zero-order valence-electron chi connectivity index (χ0n) is 27.0. The number of H-pyrrole nitrogens is 1. The summed E-state index contributed by atoms with van der Waals surface area (Å²) in [4.78, 5) is 39.3. The van der Waals surface area contributed by atoms with E-state index in [2.05, 4.69) is 24.6 Å². The fourth-order valence-electron chi connectivity index (χ4n) is 6.23. The third-order valence-electron chi connectivity index (χ3n) is 8.64. The Morgan fingerprint density at radius 2 is 1.85 bits per heavy atom. The standard InChI is InChI=1S/C33H40F3N7O3/c1-20-15-28(46-6)26(32(45)39-20)18-38-31(44)25-17-27-24(23-7-9-37-29(16-23)40(4)5)8-10-43(27)30(21(25)2)22(3)42-13-11-41(12-14-42)19-33(34,35)36/h7-10,15-17,22H,11-14,18-19H2,1-6H3,(H,38,44)(H,39,45)/t22-/m0/s1. The normalized spacial score (nSPS) is 15.2. The largest absolute Gasteiger partial charge is 0.496 e. The van der Waals surface area contributed by atoms with Gasteiger partial charge in [0.2, 0.25) is 0 Å². The number of anilines is 1. The number of pyridine rings is 3. The van der Waals surface area contributed by atoms with E-state index in [0.717, 1.165) is 33.7 Å². The molecule has 5 heterocycles. The van der Waals surface area contributed by atoms with E-state index >= 15 is 0 Å². The maximum atomic E-state index is 13.9. The van der Waals surface area contributed by atoms with Crippen molar-refractivity contribution in [3.05, 3.63) is 81.2 Å². The number of rotatable bonds is 9. The molecule has 246 valence electrons. The smallest absolute Gasteiger partial charge is 0.401 e. The van der Waals surface area contributed by atoms with Crippen molar-refractivity contribution in [3.63, 3.8) is 0 Å². The number of carbonyl (C=O) groups is 1. The van der Waals surface area contributed by atoms with Crippen molar-refractivity contribution >= 4 is 17.2 Å². The highest BCUT2D eigenvalue weighted by Crippen LogP contribution is 2.35.